The third kappa shape index (κ3) is 4.87. The van der Waals surface area contributed by atoms with E-state index in [1.807, 2.05) is 0 Å². The van der Waals surface area contributed by atoms with E-state index in [0.717, 1.165) is 0 Å². The van der Waals surface area contributed by atoms with Crippen LogP contribution in [0.15, 0.2) is 0 Å². The quantitative estimate of drug-likeness (QED) is 0.399. The number of nitrogens with one attached hydrogen (secondary N) is 1. The molecule has 1 unspecified atom stereocenters. The van der Waals surface area contributed by atoms with Crippen molar-refractivity contribution >= 4 is 21.6 Å². The normalized spacial score (nSPS) is 13.5. The Kier molecular flexibility index (Phi) is 4.23. The molecule has 1 atom stereocenters. The molecule has 0 rings (SSSR count). The molecule has 0 fully saturated rings. The summed E-state index contributed by atoms with van der Waals surface area (Å²) < 4.78 is 23.3. The number of alkyl halides is 1. The average molecular weight is 197 g/mol. The first kappa shape index (κ1) is 10.5. The van der Waals surface area contributed by atoms with Crippen LogP contribution in [-0.2, 0) is 10.0 Å². The molecule has 64 valence electrons. The number of halogens is 1. The molecule has 6 heteroatoms. The standard InChI is InChI=1S/C5H9ClN2O2S/c1-5(2-6)3-11(9,10)8-4-7/h5,8H,2-3H2,1H3. The van der Waals surface area contributed by atoms with Gasteiger partial charge in [-0.25, -0.2) is 13.1 Å². The first-order valence-electron chi connectivity index (χ1n) is 2.96. The summed E-state index contributed by atoms with van der Waals surface area (Å²) in [6.45, 7) is 1.70. The van der Waals surface area contributed by atoms with Crippen LogP contribution in [0.25, 0.3) is 0 Å². The largest absolute Gasteiger partial charge is 0.241 e. The van der Waals surface area contributed by atoms with Gasteiger partial charge >= 0.3 is 0 Å². The van der Waals surface area contributed by atoms with E-state index < -0.39 is 10.0 Å². The second-order valence-corrected chi connectivity index (χ2v) is 4.33. The SMILES string of the molecule is CC(CCl)CS(=O)(=O)NC#N. The van der Waals surface area contributed by atoms with E-state index >= 15 is 0 Å². The van der Waals surface area contributed by atoms with E-state index in [9.17, 15) is 8.42 Å². The second-order valence-electron chi connectivity index (χ2n) is 2.25. The molecule has 0 amide bonds. The van der Waals surface area contributed by atoms with Crippen molar-refractivity contribution < 1.29 is 8.42 Å². The molecular weight excluding hydrogens is 188 g/mol. The van der Waals surface area contributed by atoms with Crippen molar-refractivity contribution in [1.29, 1.82) is 5.26 Å². The summed E-state index contributed by atoms with van der Waals surface area (Å²) in [6.07, 6.45) is 1.36. The fourth-order valence-electron chi connectivity index (χ4n) is 0.530. The lowest BCUT2D eigenvalue weighted by molar-refractivity contribution is 0.578. The van der Waals surface area contributed by atoms with Gasteiger partial charge in [0, 0.05) is 5.88 Å². The maximum Gasteiger partial charge on any atom is 0.241 e. The fraction of sp³-hybridized carbons (Fsp3) is 0.800. The lowest BCUT2D eigenvalue weighted by Crippen LogP contribution is -2.25. The van der Waals surface area contributed by atoms with Crippen molar-refractivity contribution in [2.45, 2.75) is 6.92 Å². The van der Waals surface area contributed by atoms with Gasteiger partial charge in [0.25, 0.3) is 0 Å². The minimum Gasteiger partial charge on any atom is -0.219 e. The van der Waals surface area contributed by atoms with Crippen molar-refractivity contribution in [2.75, 3.05) is 11.6 Å². The van der Waals surface area contributed by atoms with E-state index in [2.05, 4.69) is 0 Å². The van der Waals surface area contributed by atoms with Crippen LogP contribution < -0.4 is 4.72 Å². The van der Waals surface area contributed by atoms with E-state index in [-0.39, 0.29) is 17.6 Å². The Morgan fingerprint density at radius 3 is 2.64 bits per heavy atom. The third-order valence-corrected chi connectivity index (χ3v) is 2.91. The first-order chi connectivity index (χ1) is 5.02. The number of hydrogen-bond donors (Lipinski definition) is 1. The molecule has 0 aromatic rings. The highest BCUT2D eigenvalue weighted by Crippen LogP contribution is 2.00. The van der Waals surface area contributed by atoms with Crippen LogP contribution in [0.4, 0.5) is 0 Å². The Hall–Kier alpha value is -0.470. The molecule has 0 saturated carbocycles. The monoisotopic (exact) mass is 196 g/mol. The lowest BCUT2D eigenvalue weighted by atomic mass is 10.3. The Morgan fingerprint density at radius 1 is 1.73 bits per heavy atom. The van der Waals surface area contributed by atoms with Gasteiger partial charge in [-0.05, 0) is 5.92 Å². The predicted molar refractivity (Wildman–Crippen MR) is 42.4 cm³/mol. The van der Waals surface area contributed by atoms with Gasteiger partial charge in [0.2, 0.25) is 10.0 Å². The van der Waals surface area contributed by atoms with Gasteiger partial charge in [0.15, 0.2) is 6.19 Å². The maximum absolute atomic E-state index is 10.8. The summed E-state index contributed by atoms with van der Waals surface area (Å²) in [5.74, 6) is 0.0265. The Labute approximate surface area is 71.2 Å². The molecule has 0 aromatic heterocycles. The van der Waals surface area contributed by atoms with Crippen LogP contribution in [0.3, 0.4) is 0 Å². The summed E-state index contributed by atoms with van der Waals surface area (Å²) in [4.78, 5) is 0. The number of nitriles is 1. The van der Waals surface area contributed by atoms with E-state index in [4.69, 9.17) is 16.9 Å². The molecule has 4 nitrogen and oxygen atoms in total. The van der Waals surface area contributed by atoms with Crippen LogP contribution in [0.1, 0.15) is 6.92 Å². The van der Waals surface area contributed by atoms with Gasteiger partial charge in [-0.15, -0.1) is 11.6 Å². The smallest absolute Gasteiger partial charge is 0.219 e. The van der Waals surface area contributed by atoms with Crippen molar-refractivity contribution in [2.24, 2.45) is 5.92 Å². The first-order valence-corrected chi connectivity index (χ1v) is 5.15. The summed E-state index contributed by atoms with van der Waals surface area (Å²) >= 11 is 5.38. The van der Waals surface area contributed by atoms with E-state index in [0.29, 0.717) is 0 Å². The number of sulfonamides is 1. The maximum atomic E-state index is 10.8. The van der Waals surface area contributed by atoms with Gasteiger partial charge in [-0.3, -0.25) is 0 Å². The van der Waals surface area contributed by atoms with E-state index in [1.165, 1.54) is 6.19 Å². The summed E-state index contributed by atoms with van der Waals surface area (Å²) in [5.41, 5.74) is 0. The van der Waals surface area contributed by atoms with Gasteiger partial charge in [-0.1, -0.05) is 6.92 Å². The molecule has 0 saturated heterocycles. The fourth-order valence-corrected chi connectivity index (χ4v) is 1.86. The van der Waals surface area contributed by atoms with Crippen LogP contribution in [-0.4, -0.2) is 20.1 Å². The molecule has 11 heavy (non-hydrogen) atoms. The molecule has 0 aromatic carbocycles. The highest BCUT2D eigenvalue weighted by atomic mass is 35.5. The summed E-state index contributed by atoms with van der Waals surface area (Å²) in [6, 6.07) is 0. The minimum atomic E-state index is -3.44. The predicted octanol–water partition coefficient (Wildman–Crippen LogP) is 0.262. The number of nitrogens with zero attached hydrogens (tertiary/aromatic N) is 1. The number of rotatable bonds is 4. The molecule has 0 aliphatic rings. The summed E-state index contributed by atoms with van der Waals surface area (Å²) in [5, 5.41) is 8.01. The molecule has 0 bridgehead atoms. The van der Waals surface area contributed by atoms with Crippen molar-refractivity contribution in [3.8, 4) is 6.19 Å². The van der Waals surface area contributed by atoms with Crippen molar-refractivity contribution in [3.05, 3.63) is 0 Å². The van der Waals surface area contributed by atoms with Crippen molar-refractivity contribution in [1.82, 2.24) is 4.72 Å². The van der Waals surface area contributed by atoms with Gasteiger partial charge in [0.05, 0.1) is 5.75 Å². The molecule has 0 radical (unpaired) electrons. The third-order valence-electron chi connectivity index (χ3n) is 0.968. The van der Waals surface area contributed by atoms with Crippen LogP contribution in [0.5, 0.6) is 0 Å². The summed E-state index contributed by atoms with van der Waals surface area (Å²) in [7, 11) is -3.44. The van der Waals surface area contributed by atoms with Crippen LogP contribution in [0.2, 0.25) is 0 Å². The molecule has 0 aliphatic carbocycles. The Bertz CT molecular complexity index is 244. The minimum absolute atomic E-state index is 0.107. The van der Waals surface area contributed by atoms with Gasteiger partial charge in [0.1, 0.15) is 0 Å². The highest BCUT2D eigenvalue weighted by Gasteiger charge is 2.13. The van der Waals surface area contributed by atoms with Gasteiger partial charge in [-0.2, -0.15) is 5.26 Å². The van der Waals surface area contributed by atoms with Gasteiger partial charge < -0.3 is 0 Å². The number of hydrogen-bond acceptors (Lipinski definition) is 3. The van der Waals surface area contributed by atoms with E-state index in [1.54, 1.807) is 11.6 Å². The Morgan fingerprint density at radius 2 is 2.27 bits per heavy atom. The molecule has 0 heterocycles. The zero-order valence-corrected chi connectivity index (χ0v) is 7.61. The van der Waals surface area contributed by atoms with Crippen molar-refractivity contribution in [3.63, 3.8) is 0 Å². The molecule has 0 aliphatic heterocycles. The molecular formula is C5H9ClN2O2S. The highest BCUT2D eigenvalue weighted by molar-refractivity contribution is 7.89. The average Bonchev–Trinajstić information content (AvgIpc) is 1.86. The lowest BCUT2D eigenvalue weighted by Gasteiger charge is -2.05. The topological polar surface area (TPSA) is 70.0 Å². The molecule has 0 spiro atoms. The molecule has 1 N–H and O–H groups in total. The Balaban J connectivity index is 4.05. The van der Waals surface area contributed by atoms with Crippen LogP contribution >= 0.6 is 11.6 Å². The second kappa shape index (κ2) is 4.42. The van der Waals surface area contributed by atoms with Crippen LogP contribution in [0, 0.1) is 17.4 Å². The zero-order chi connectivity index (χ0) is 8.91. The zero-order valence-electron chi connectivity index (χ0n) is 6.04.